The largest absolute Gasteiger partial charge is 0.360 e. The molecule has 1 N–H and O–H groups in total. The van der Waals surface area contributed by atoms with Crippen molar-refractivity contribution in [1.82, 2.24) is 29.7 Å². The molecule has 194 valence electrons. The van der Waals surface area contributed by atoms with Gasteiger partial charge >= 0.3 is 0 Å². The molecule has 8 rings (SSSR count). The highest BCUT2D eigenvalue weighted by Crippen LogP contribution is 2.22. The summed E-state index contributed by atoms with van der Waals surface area (Å²) in [7, 11) is 3.95. The molecule has 8 bridgehead atoms. The Hall–Kier alpha value is -3.56. The van der Waals surface area contributed by atoms with Crippen LogP contribution in [0.25, 0.3) is 11.3 Å². The molecule has 7 heterocycles. The monoisotopic (exact) mass is 500 g/mol. The molecule has 3 aromatic rings. The summed E-state index contributed by atoms with van der Waals surface area (Å²) in [6.45, 7) is 8.12. The molecule has 0 aliphatic carbocycles. The normalized spacial score (nSPS) is 23.1. The van der Waals surface area contributed by atoms with Crippen molar-refractivity contribution in [3.63, 3.8) is 0 Å². The zero-order valence-corrected chi connectivity index (χ0v) is 22.0. The van der Waals surface area contributed by atoms with Gasteiger partial charge in [0.25, 0.3) is 0 Å². The molecule has 0 saturated carbocycles. The van der Waals surface area contributed by atoms with E-state index in [1.807, 2.05) is 56.4 Å². The SMILES string of the molecule is CC1C(=O)N(C)CCCN(C)c2ccc(cn2)-c2ccnc(n2)Nc2cccc(c2)CN2CCN1CC2. The number of pyridine rings is 1. The van der Waals surface area contributed by atoms with Gasteiger partial charge in [0.1, 0.15) is 5.82 Å². The molecule has 5 aliphatic heterocycles. The van der Waals surface area contributed by atoms with Crippen molar-refractivity contribution >= 4 is 23.4 Å². The second kappa shape index (κ2) is 11.2. The lowest BCUT2D eigenvalue weighted by Gasteiger charge is -2.38. The second-order valence-corrected chi connectivity index (χ2v) is 10.0. The standard InChI is InChI=1S/C28H36N8O/c1-21-27(37)34(3)13-5-12-33(2)26-9-8-23(19-30-26)25-10-11-29-28(32-25)31-24-7-4-6-22(18-24)20-35-14-16-36(21)17-15-35/h4,6-11,18-19,21H,5,12-17,20H2,1-3H3,(H,29,31,32). The molecule has 1 saturated heterocycles. The fourth-order valence-corrected chi connectivity index (χ4v) is 5.03. The van der Waals surface area contributed by atoms with E-state index in [0.717, 1.165) is 75.0 Å². The summed E-state index contributed by atoms with van der Waals surface area (Å²) in [4.78, 5) is 35.7. The van der Waals surface area contributed by atoms with Crippen LogP contribution in [-0.4, -0.2) is 95.0 Å². The average molecular weight is 501 g/mol. The minimum Gasteiger partial charge on any atom is -0.360 e. The summed E-state index contributed by atoms with van der Waals surface area (Å²) in [6, 6.07) is 14.3. The van der Waals surface area contributed by atoms with E-state index in [9.17, 15) is 4.79 Å². The molecule has 0 radical (unpaired) electrons. The molecule has 9 nitrogen and oxygen atoms in total. The number of amides is 1. The lowest BCUT2D eigenvalue weighted by atomic mass is 10.1. The molecular weight excluding hydrogens is 464 g/mol. The van der Waals surface area contributed by atoms with Gasteiger partial charge in [-0.2, -0.15) is 0 Å². The number of rotatable bonds is 0. The van der Waals surface area contributed by atoms with Gasteiger partial charge in [0.15, 0.2) is 0 Å². The fourth-order valence-electron chi connectivity index (χ4n) is 5.03. The molecule has 1 amide bonds. The van der Waals surface area contributed by atoms with E-state index in [-0.39, 0.29) is 11.9 Å². The minimum atomic E-state index is -0.108. The first-order valence-electron chi connectivity index (χ1n) is 13.0. The first-order valence-corrected chi connectivity index (χ1v) is 13.0. The molecule has 37 heavy (non-hydrogen) atoms. The van der Waals surface area contributed by atoms with Crippen molar-refractivity contribution in [2.45, 2.75) is 25.9 Å². The van der Waals surface area contributed by atoms with Crippen LogP contribution in [0, 0.1) is 0 Å². The Kier molecular flexibility index (Phi) is 7.62. The maximum atomic E-state index is 13.1. The van der Waals surface area contributed by atoms with Crippen molar-refractivity contribution in [2.24, 2.45) is 0 Å². The number of likely N-dealkylation sites (N-methyl/N-ethyl adjacent to an activating group) is 1. The minimum absolute atomic E-state index is 0.108. The topological polar surface area (TPSA) is 80.7 Å². The predicted molar refractivity (Wildman–Crippen MR) is 147 cm³/mol. The van der Waals surface area contributed by atoms with Gasteiger partial charge in [0.2, 0.25) is 11.9 Å². The van der Waals surface area contributed by atoms with Gasteiger partial charge in [-0.05, 0) is 49.2 Å². The van der Waals surface area contributed by atoms with Gasteiger partial charge in [-0.1, -0.05) is 12.1 Å². The van der Waals surface area contributed by atoms with E-state index in [1.165, 1.54) is 5.56 Å². The molecule has 1 aromatic carbocycles. The molecule has 1 unspecified atom stereocenters. The van der Waals surface area contributed by atoms with E-state index >= 15 is 0 Å². The lowest BCUT2D eigenvalue weighted by molar-refractivity contribution is -0.135. The number of hydrogen-bond donors (Lipinski definition) is 1. The van der Waals surface area contributed by atoms with Gasteiger partial charge in [-0.15, -0.1) is 0 Å². The zero-order valence-electron chi connectivity index (χ0n) is 22.0. The van der Waals surface area contributed by atoms with Crippen molar-refractivity contribution in [3.8, 4) is 11.3 Å². The summed E-state index contributed by atoms with van der Waals surface area (Å²) in [5, 5.41) is 3.36. The van der Waals surface area contributed by atoms with Gasteiger partial charge < -0.3 is 15.1 Å². The van der Waals surface area contributed by atoms with Crippen LogP contribution < -0.4 is 10.2 Å². The molecular formula is C28H36N8O. The number of nitrogens with one attached hydrogen (secondary N) is 1. The Bertz CT molecular complexity index is 1210. The van der Waals surface area contributed by atoms with Gasteiger partial charge in [0, 0.05) is 83.6 Å². The first-order chi connectivity index (χ1) is 18.0. The van der Waals surface area contributed by atoms with Crippen molar-refractivity contribution in [3.05, 3.63) is 60.4 Å². The third-order valence-corrected chi connectivity index (χ3v) is 7.35. The third-order valence-electron chi connectivity index (χ3n) is 7.35. The summed E-state index contributed by atoms with van der Waals surface area (Å²) in [5.41, 5.74) is 3.96. The first kappa shape index (κ1) is 25.1. The highest BCUT2D eigenvalue weighted by Gasteiger charge is 2.27. The smallest absolute Gasteiger partial charge is 0.239 e. The van der Waals surface area contributed by atoms with Gasteiger partial charge in [-0.25, -0.2) is 15.0 Å². The Morgan fingerprint density at radius 2 is 1.73 bits per heavy atom. The number of aromatic nitrogens is 3. The molecule has 1 atom stereocenters. The number of carbonyl (C=O) groups excluding carboxylic acids is 1. The zero-order chi connectivity index (χ0) is 25.8. The number of carbonyl (C=O) groups is 1. The Labute approximate surface area is 219 Å². The van der Waals surface area contributed by atoms with Crippen LogP contribution in [0.2, 0.25) is 0 Å². The van der Waals surface area contributed by atoms with Gasteiger partial charge in [0.05, 0.1) is 11.7 Å². The molecule has 2 aromatic heterocycles. The van der Waals surface area contributed by atoms with Crippen LogP contribution >= 0.6 is 0 Å². The predicted octanol–water partition coefficient (Wildman–Crippen LogP) is 3.09. The van der Waals surface area contributed by atoms with Crippen molar-refractivity contribution in [2.75, 3.05) is 63.6 Å². The highest BCUT2D eigenvalue weighted by molar-refractivity contribution is 5.81. The van der Waals surface area contributed by atoms with Gasteiger partial charge in [-0.3, -0.25) is 14.6 Å². The Morgan fingerprint density at radius 1 is 0.919 bits per heavy atom. The van der Waals surface area contributed by atoms with Crippen molar-refractivity contribution in [1.29, 1.82) is 0 Å². The van der Waals surface area contributed by atoms with E-state index < -0.39 is 0 Å². The van der Waals surface area contributed by atoms with E-state index in [0.29, 0.717) is 5.95 Å². The Morgan fingerprint density at radius 3 is 2.51 bits per heavy atom. The molecule has 5 aliphatic rings. The van der Waals surface area contributed by atoms with Crippen LogP contribution in [0.3, 0.4) is 0 Å². The number of hydrogen-bond acceptors (Lipinski definition) is 8. The van der Waals surface area contributed by atoms with Crippen LogP contribution in [0.5, 0.6) is 0 Å². The lowest BCUT2D eigenvalue weighted by Crippen LogP contribution is -2.54. The second-order valence-electron chi connectivity index (χ2n) is 10.0. The maximum absolute atomic E-state index is 13.1. The van der Waals surface area contributed by atoms with Crippen molar-refractivity contribution < 1.29 is 4.79 Å². The van der Waals surface area contributed by atoms with Crippen LogP contribution in [0.1, 0.15) is 18.9 Å². The van der Waals surface area contributed by atoms with E-state index in [4.69, 9.17) is 4.98 Å². The number of anilines is 3. The summed E-state index contributed by atoms with van der Waals surface area (Å²) >= 11 is 0. The average Bonchev–Trinajstić information content (AvgIpc) is 2.92. The fraction of sp³-hybridized carbons (Fsp3) is 0.429. The number of piperazine rings is 1. The third kappa shape index (κ3) is 6.06. The highest BCUT2D eigenvalue weighted by atomic mass is 16.2. The van der Waals surface area contributed by atoms with E-state index in [2.05, 4.69) is 48.2 Å². The Balaban J connectivity index is 1.40. The van der Waals surface area contributed by atoms with Crippen LogP contribution in [0.4, 0.5) is 17.5 Å². The summed E-state index contributed by atoms with van der Waals surface area (Å²) in [6.07, 6.45) is 4.50. The molecule has 1 fully saturated rings. The molecule has 9 heteroatoms. The van der Waals surface area contributed by atoms with Crippen LogP contribution in [-0.2, 0) is 11.3 Å². The van der Waals surface area contributed by atoms with Crippen LogP contribution in [0.15, 0.2) is 54.9 Å². The molecule has 0 spiro atoms. The number of benzene rings is 1. The summed E-state index contributed by atoms with van der Waals surface area (Å²) in [5.74, 6) is 1.65. The maximum Gasteiger partial charge on any atom is 0.239 e. The number of nitrogens with zero attached hydrogens (tertiary/aromatic N) is 7. The summed E-state index contributed by atoms with van der Waals surface area (Å²) < 4.78 is 0. The van der Waals surface area contributed by atoms with E-state index in [1.54, 1.807) is 6.20 Å². The quantitative estimate of drug-likeness (QED) is 0.505.